The molecule has 2 aliphatic heterocycles. The van der Waals surface area contributed by atoms with Crippen molar-refractivity contribution in [3.05, 3.63) is 70.2 Å². The molecule has 0 saturated carbocycles. The summed E-state index contributed by atoms with van der Waals surface area (Å²) in [5.41, 5.74) is 3.71. The van der Waals surface area contributed by atoms with Gasteiger partial charge in [0.1, 0.15) is 0 Å². The lowest BCUT2D eigenvalue weighted by atomic mass is 9.95. The Morgan fingerprint density at radius 3 is 2.35 bits per heavy atom. The van der Waals surface area contributed by atoms with Crippen LogP contribution < -0.4 is 5.32 Å². The van der Waals surface area contributed by atoms with Crippen LogP contribution in [0.15, 0.2) is 48.5 Å². The first kappa shape index (κ1) is 22.3. The minimum absolute atomic E-state index is 0.110. The quantitative estimate of drug-likeness (QED) is 0.669. The molecule has 4 rings (SSSR count). The maximum Gasteiger partial charge on any atom is 0.223 e. The third-order valence-corrected chi connectivity index (χ3v) is 6.99. The third-order valence-electron chi connectivity index (χ3n) is 6.62. The molecule has 2 fully saturated rings. The van der Waals surface area contributed by atoms with Crippen LogP contribution in [0, 0.1) is 5.92 Å². The van der Waals surface area contributed by atoms with Gasteiger partial charge in [-0.25, -0.2) is 0 Å². The highest BCUT2D eigenvalue weighted by molar-refractivity contribution is 6.31. The first-order valence-electron chi connectivity index (χ1n) is 11.7. The third kappa shape index (κ3) is 6.55. The zero-order valence-corrected chi connectivity index (χ0v) is 19.1. The summed E-state index contributed by atoms with van der Waals surface area (Å²) in [5, 5.41) is 4.00. The number of hydrogen-bond donors (Lipinski definition) is 1. The average Bonchev–Trinajstić information content (AvgIpc) is 2.80. The van der Waals surface area contributed by atoms with Crippen molar-refractivity contribution in [2.24, 2.45) is 5.92 Å². The summed E-state index contributed by atoms with van der Waals surface area (Å²) in [6.45, 7) is 6.78. The van der Waals surface area contributed by atoms with Crippen molar-refractivity contribution >= 4 is 17.5 Å². The normalized spacial score (nSPS) is 18.7. The van der Waals surface area contributed by atoms with Gasteiger partial charge in [0.2, 0.25) is 5.91 Å². The number of likely N-dealkylation sites (tertiary alicyclic amines) is 2. The minimum Gasteiger partial charge on any atom is -0.352 e. The first-order valence-corrected chi connectivity index (χ1v) is 12.1. The summed E-state index contributed by atoms with van der Waals surface area (Å²) < 4.78 is 0. The van der Waals surface area contributed by atoms with Crippen LogP contribution >= 0.6 is 11.6 Å². The van der Waals surface area contributed by atoms with Gasteiger partial charge in [-0.15, -0.1) is 0 Å². The van der Waals surface area contributed by atoms with Crippen molar-refractivity contribution in [2.75, 3.05) is 26.2 Å². The van der Waals surface area contributed by atoms with E-state index in [0.29, 0.717) is 6.54 Å². The van der Waals surface area contributed by atoms with Crippen LogP contribution in [-0.4, -0.2) is 41.9 Å². The summed E-state index contributed by atoms with van der Waals surface area (Å²) in [6.07, 6.45) is 5.80. The Labute approximate surface area is 191 Å². The van der Waals surface area contributed by atoms with Gasteiger partial charge < -0.3 is 5.32 Å². The number of piperidine rings is 2. The Balaban J connectivity index is 1.21. The Bertz CT molecular complexity index is 857. The Hall–Kier alpha value is -1.88. The Kier molecular flexibility index (Phi) is 8.01. The number of nitrogens with zero attached hydrogens (tertiary/aromatic N) is 2. The lowest BCUT2D eigenvalue weighted by Gasteiger charge is -2.31. The molecule has 1 N–H and O–H groups in total. The molecule has 0 aliphatic carbocycles. The molecule has 2 saturated heterocycles. The molecule has 0 spiro atoms. The van der Waals surface area contributed by atoms with Crippen molar-refractivity contribution in [2.45, 2.75) is 51.7 Å². The molecule has 0 aromatic heterocycles. The van der Waals surface area contributed by atoms with Crippen LogP contribution in [0.2, 0.25) is 5.02 Å². The van der Waals surface area contributed by atoms with E-state index in [1.807, 2.05) is 18.2 Å². The monoisotopic (exact) mass is 439 g/mol. The highest BCUT2D eigenvalue weighted by atomic mass is 35.5. The van der Waals surface area contributed by atoms with E-state index in [1.54, 1.807) is 0 Å². The predicted molar refractivity (Wildman–Crippen MR) is 127 cm³/mol. The summed E-state index contributed by atoms with van der Waals surface area (Å²) in [7, 11) is 0. The number of nitrogens with one attached hydrogen (secondary N) is 1. The van der Waals surface area contributed by atoms with Crippen LogP contribution in [0.4, 0.5) is 0 Å². The molecule has 2 heterocycles. The standard InChI is InChI=1S/C26H34ClN3O/c27-25-10-3-2-9-24(25)20-30-15-11-23(12-16-30)26(31)28-18-21-7-6-8-22(17-21)19-29-13-4-1-5-14-29/h2-3,6-10,17,23H,1,4-5,11-16,18-20H2,(H,28,31). The fourth-order valence-electron chi connectivity index (χ4n) is 4.77. The largest absolute Gasteiger partial charge is 0.352 e. The maximum atomic E-state index is 12.7. The van der Waals surface area contributed by atoms with Gasteiger partial charge in [-0.1, -0.05) is 60.5 Å². The van der Waals surface area contributed by atoms with Gasteiger partial charge in [-0.2, -0.15) is 0 Å². The second kappa shape index (κ2) is 11.1. The first-order chi connectivity index (χ1) is 15.2. The van der Waals surface area contributed by atoms with E-state index in [0.717, 1.165) is 49.6 Å². The molecule has 0 atom stereocenters. The summed E-state index contributed by atoms with van der Waals surface area (Å²) in [4.78, 5) is 17.7. The zero-order valence-electron chi connectivity index (χ0n) is 18.4. The van der Waals surface area contributed by atoms with Gasteiger partial charge in [0.05, 0.1) is 0 Å². The molecule has 4 nitrogen and oxygen atoms in total. The molecule has 2 aromatic rings. The SMILES string of the molecule is O=C(NCc1cccc(CN2CCCCC2)c1)C1CCN(Cc2ccccc2Cl)CC1. The van der Waals surface area contributed by atoms with Gasteiger partial charge >= 0.3 is 0 Å². The topological polar surface area (TPSA) is 35.6 Å². The highest BCUT2D eigenvalue weighted by Gasteiger charge is 2.25. The molecule has 0 radical (unpaired) electrons. The van der Waals surface area contributed by atoms with Crippen LogP contribution in [-0.2, 0) is 24.4 Å². The molecule has 31 heavy (non-hydrogen) atoms. The van der Waals surface area contributed by atoms with E-state index in [2.05, 4.69) is 45.4 Å². The Morgan fingerprint density at radius 2 is 1.58 bits per heavy atom. The number of hydrogen-bond acceptors (Lipinski definition) is 3. The molecule has 166 valence electrons. The highest BCUT2D eigenvalue weighted by Crippen LogP contribution is 2.22. The van der Waals surface area contributed by atoms with Gasteiger partial charge in [0.15, 0.2) is 0 Å². The van der Waals surface area contributed by atoms with E-state index in [1.165, 1.54) is 43.5 Å². The van der Waals surface area contributed by atoms with Gasteiger partial charge in [-0.05, 0) is 74.6 Å². The summed E-state index contributed by atoms with van der Waals surface area (Å²) in [5.74, 6) is 0.304. The van der Waals surface area contributed by atoms with Crippen molar-refractivity contribution < 1.29 is 4.79 Å². The van der Waals surface area contributed by atoms with Crippen molar-refractivity contribution in [3.63, 3.8) is 0 Å². The molecule has 2 aromatic carbocycles. The fourth-order valence-corrected chi connectivity index (χ4v) is 4.96. The number of amides is 1. The van der Waals surface area contributed by atoms with E-state index < -0.39 is 0 Å². The van der Waals surface area contributed by atoms with Crippen LogP contribution in [0.3, 0.4) is 0 Å². The van der Waals surface area contributed by atoms with E-state index in [4.69, 9.17) is 11.6 Å². The average molecular weight is 440 g/mol. The van der Waals surface area contributed by atoms with E-state index >= 15 is 0 Å². The fraction of sp³-hybridized carbons (Fsp3) is 0.500. The minimum atomic E-state index is 0.110. The zero-order chi connectivity index (χ0) is 21.5. The lowest BCUT2D eigenvalue weighted by molar-refractivity contribution is -0.126. The molecular formula is C26H34ClN3O. The summed E-state index contributed by atoms with van der Waals surface area (Å²) >= 11 is 6.29. The maximum absolute atomic E-state index is 12.7. The smallest absolute Gasteiger partial charge is 0.223 e. The number of carbonyl (C=O) groups excluding carboxylic acids is 1. The van der Waals surface area contributed by atoms with Crippen LogP contribution in [0.1, 0.15) is 48.8 Å². The second-order valence-electron chi connectivity index (χ2n) is 9.02. The molecule has 1 amide bonds. The molecule has 0 bridgehead atoms. The molecular weight excluding hydrogens is 406 g/mol. The van der Waals surface area contributed by atoms with Crippen LogP contribution in [0.25, 0.3) is 0 Å². The van der Waals surface area contributed by atoms with E-state index in [-0.39, 0.29) is 11.8 Å². The van der Waals surface area contributed by atoms with Crippen molar-refractivity contribution in [1.82, 2.24) is 15.1 Å². The summed E-state index contributed by atoms with van der Waals surface area (Å²) in [6, 6.07) is 16.7. The van der Waals surface area contributed by atoms with Crippen molar-refractivity contribution in [1.29, 1.82) is 0 Å². The van der Waals surface area contributed by atoms with Crippen LogP contribution in [0.5, 0.6) is 0 Å². The predicted octanol–water partition coefficient (Wildman–Crippen LogP) is 4.85. The van der Waals surface area contributed by atoms with Gasteiger partial charge in [0.25, 0.3) is 0 Å². The van der Waals surface area contributed by atoms with Gasteiger partial charge in [-0.3, -0.25) is 14.6 Å². The van der Waals surface area contributed by atoms with E-state index in [9.17, 15) is 4.79 Å². The molecule has 5 heteroatoms. The molecule has 2 aliphatic rings. The second-order valence-corrected chi connectivity index (χ2v) is 9.42. The van der Waals surface area contributed by atoms with Crippen molar-refractivity contribution in [3.8, 4) is 0 Å². The number of rotatable bonds is 7. The number of carbonyl (C=O) groups is 1. The lowest BCUT2D eigenvalue weighted by Crippen LogP contribution is -2.40. The molecule has 0 unspecified atom stereocenters. The number of halogens is 1. The van der Waals surface area contributed by atoms with Gasteiger partial charge in [0, 0.05) is 30.6 Å². The number of benzene rings is 2. The Morgan fingerprint density at radius 1 is 0.871 bits per heavy atom.